The largest absolute Gasteiger partial charge is 0.417 e. The molecule has 0 unspecified atom stereocenters. The predicted molar refractivity (Wildman–Crippen MR) is 73.0 cm³/mol. The van der Waals surface area contributed by atoms with Gasteiger partial charge in [-0.15, -0.1) is 0 Å². The molecule has 0 saturated heterocycles. The van der Waals surface area contributed by atoms with Crippen molar-refractivity contribution in [1.82, 2.24) is 0 Å². The van der Waals surface area contributed by atoms with Crippen molar-refractivity contribution >= 4 is 21.6 Å². The van der Waals surface area contributed by atoms with Crippen molar-refractivity contribution in [2.24, 2.45) is 5.73 Å². The Hall–Kier alpha value is -0.750. The zero-order valence-corrected chi connectivity index (χ0v) is 11.9. The molecule has 106 valence electrons. The van der Waals surface area contributed by atoms with Crippen molar-refractivity contribution < 1.29 is 13.2 Å². The summed E-state index contributed by atoms with van der Waals surface area (Å²) in [6.45, 7) is 0. The normalized spacial score (nSPS) is 24.3. The highest BCUT2D eigenvalue weighted by atomic mass is 79.9. The van der Waals surface area contributed by atoms with E-state index in [9.17, 15) is 13.2 Å². The molecule has 2 nitrogen and oxygen atoms in total. The Morgan fingerprint density at radius 2 is 1.79 bits per heavy atom. The summed E-state index contributed by atoms with van der Waals surface area (Å²) in [7, 11) is 0. The molecule has 19 heavy (non-hydrogen) atoms. The molecule has 1 saturated carbocycles. The molecule has 1 aromatic carbocycles. The minimum absolute atomic E-state index is 0.0659. The van der Waals surface area contributed by atoms with E-state index in [1.54, 1.807) is 6.07 Å². The van der Waals surface area contributed by atoms with Crippen molar-refractivity contribution in [3.63, 3.8) is 0 Å². The second kappa shape index (κ2) is 5.71. The molecule has 0 aliphatic heterocycles. The first kappa shape index (κ1) is 14.7. The van der Waals surface area contributed by atoms with E-state index in [-0.39, 0.29) is 16.6 Å². The van der Waals surface area contributed by atoms with E-state index in [0.717, 1.165) is 31.7 Å². The quantitative estimate of drug-likeness (QED) is 0.851. The van der Waals surface area contributed by atoms with Gasteiger partial charge in [0.05, 0.1) is 5.56 Å². The Bertz CT molecular complexity index is 440. The topological polar surface area (TPSA) is 38.0 Å². The molecular weight excluding hydrogens is 321 g/mol. The molecule has 0 aromatic heterocycles. The maximum atomic E-state index is 12.8. The molecule has 1 aliphatic rings. The second-order valence-electron chi connectivity index (χ2n) is 4.95. The van der Waals surface area contributed by atoms with Crippen molar-refractivity contribution in [2.75, 3.05) is 5.32 Å². The zero-order valence-electron chi connectivity index (χ0n) is 10.3. The molecule has 0 heterocycles. The first-order valence-electron chi connectivity index (χ1n) is 6.25. The molecule has 2 rings (SSSR count). The molecule has 6 heteroatoms. The summed E-state index contributed by atoms with van der Waals surface area (Å²) in [4.78, 5) is 0. The number of benzene rings is 1. The predicted octanol–water partition coefficient (Wildman–Crippen LogP) is 4.15. The van der Waals surface area contributed by atoms with Crippen molar-refractivity contribution in [1.29, 1.82) is 0 Å². The summed E-state index contributed by atoms with van der Waals surface area (Å²) in [5.74, 6) is 0. The van der Waals surface area contributed by atoms with Gasteiger partial charge < -0.3 is 11.1 Å². The maximum absolute atomic E-state index is 12.8. The van der Waals surface area contributed by atoms with Crippen LogP contribution in [-0.2, 0) is 6.18 Å². The van der Waals surface area contributed by atoms with Gasteiger partial charge in [0.1, 0.15) is 0 Å². The number of halogens is 4. The molecule has 0 bridgehead atoms. The average molecular weight is 337 g/mol. The fourth-order valence-corrected chi connectivity index (χ4v) is 2.80. The second-order valence-corrected chi connectivity index (χ2v) is 5.80. The lowest BCUT2D eigenvalue weighted by atomic mass is 9.91. The fraction of sp³-hybridized carbons (Fsp3) is 0.538. The summed E-state index contributed by atoms with van der Waals surface area (Å²) >= 11 is 2.93. The molecule has 1 aliphatic carbocycles. The van der Waals surface area contributed by atoms with Crippen LogP contribution in [0, 0.1) is 0 Å². The number of anilines is 1. The third kappa shape index (κ3) is 3.86. The third-order valence-electron chi connectivity index (χ3n) is 3.41. The summed E-state index contributed by atoms with van der Waals surface area (Å²) in [6, 6.07) is 4.68. The molecule has 0 radical (unpaired) electrons. The number of nitrogens with one attached hydrogen (secondary N) is 1. The van der Waals surface area contributed by atoms with Gasteiger partial charge in [-0.2, -0.15) is 13.2 Å². The average Bonchev–Trinajstić information content (AvgIpc) is 2.33. The lowest BCUT2D eigenvalue weighted by Crippen LogP contribution is -2.32. The molecule has 3 N–H and O–H groups in total. The van der Waals surface area contributed by atoms with Gasteiger partial charge in [0.15, 0.2) is 0 Å². The lowest BCUT2D eigenvalue weighted by molar-refractivity contribution is -0.138. The molecule has 1 fully saturated rings. The van der Waals surface area contributed by atoms with Crippen LogP contribution in [0.3, 0.4) is 0 Å². The Morgan fingerprint density at radius 1 is 1.16 bits per heavy atom. The van der Waals surface area contributed by atoms with E-state index in [1.807, 2.05) is 0 Å². The Balaban J connectivity index is 2.09. The van der Waals surface area contributed by atoms with Crippen LogP contribution in [0.2, 0.25) is 0 Å². The van der Waals surface area contributed by atoms with Crippen LogP contribution in [0.1, 0.15) is 31.2 Å². The smallest absolute Gasteiger partial charge is 0.382 e. The van der Waals surface area contributed by atoms with E-state index in [4.69, 9.17) is 5.73 Å². The third-order valence-corrected chi connectivity index (χ3v) is 4.11. The van der Waals surface area contributed by atoms with Gasteiger partial charge in [0.2, 0.25) is 0 Å². The minimum atomic E-state index is -4.34. The summed E-state index contributed by atoms with van der Waals surface area (Å²) < 4.78 is 38.4. The monoisotopic (exact) mass is 336 g/mol. The van der Waals surface area contributed by atoms with E-state index < -0.39 is 11.7 Å². The summed E-state index contributed by atoms with van der Waals surface area (Å²) in [5.41, 5.74) is 5.67. The van der Waals surface area contributed by atoms with Crippen LogP contribution < -0.4 is 11.1 Å². The van der Waals surface area contributed by atoms with Crippen LogP contribution in [0.5, 0.6) is 0 Å². The number of alkyl halides is 3. The molecule has 1 aromatic rings. The van der Waals surface area contributed by atoms with Crippen molar-refractivity contribution in [3.05, 3.63) is 28.2 Å². The zero-order chi connectivity index (χ0) is 14.0. The standard InChI is InChI=1S/C13H16BrF3N2/c14-12-6-5-10(7-11(12)13(15,16)17)19-9-3-1-8(18)2-4-9/h5-9,19H,1-4,18H2. The SMILES string of the molecule is NC1CCC(Nc2ccc(Br)c(C(F)(F)F)c2)CC1. The van der Waals surface area contributed by atoms with Gasteiger partial charge in [0.25, 0.3) is 0 Å². The Kier molecular flexibility index (Phi) is 4.40. The molecule has 0 spiro atoms. The highest BCUT2D eigenvalue weighted by Gasteiger charge is 2.33. The number of hydrogen-bond donors (Lipinski definition) is 2. The Morgan fingerprint density at radius 3 is 2.37 bits per heavy atom. The number of rotatable bonds is 2. The Labute approximate surface area is 118 Å². The van der Waals surface area contributed by atoms with Crippen molar-refractivity contribution in [2.45, 2.75) is 43.9 Å². The highest BCUT2D eigenvalue weighted by molar-refractivity contribution is 9.10. The van der Waals surface area contributed by atoms with E-state index in [1.165, 1.54) is 6.07 Å². The van der Waals surface area contributed by atoms with E-state index in [0.29, 0.717) is 5.69 Å². The van der Waals surface area contributed by atoms with Gasteiger partial charge in [-0.1, -0.05) is 15.9 Å². The lowest BCUT2D eigenvalue weighted by Gasteiger charge is -2.28. The minimum Gasteiger partial charge on any atom is -0.382 e. The summed E-state index contributed by atoms with van der Waals surface area (Å²) in [5, 5.41) is 3.16. The van der Waals surface area contributed by atoms with Crippen LogP contribution in [-0.4, -0.2) is 12.1 Å². The number of hydrogen-bond acceptors (Lipinski definition) is 2. The first-order valence-corrected chi connectivity index (χ1v) is 7.04. The summed E-state index contributed by atoms with van der Waals surface area (Å²) in [6.07, 6.45) is -0.705. The van der Waals surface area contributed by atoms with Gasteiger partial charge in [0, 0.05) is 22.2 Å². The molecule has 0 amide bonds. The van der Waals surface area contributed by atoms with Crippen LogP contribution in [0.15, 0.2) is 22.7 Å². The highest BCUT2D eigenvalue weighted by Crippen LogP contribution is 2.36. The fourth-order valence-electron chi connectivity index (χ4n) is 2.33. The van der Waals surface area contributed by atoms with Gasteiger partial charge in [-0.05, 0) is 43.9 Å². The van der Waals surface area contributed by atoms with E-state index >= 15 is 0 Å². The van der Waals surface area contributed by atoms with Crippen molar-refractivity contribution in [3.8, 4) is 0 Å². The first-order chi connectivity index (χ1) is 8.86. The maximum Gasteiger partial charge on any atom is 0.417 e. The molecule has 0 atom stereocenters. The van der Waals surface area contributed by atoms with Gasteiger partial charge >= 0.3 is 6.18 Å². The van der Waals surface area contributed by atoms with Crippen LogP contribution >= 0.6 is 15.9 Å². The van der Waals surface area contributed by atoms with Crippen LogP contribution in [0.25, 0.3) is 0 Å². The van der Waals surface area contributed by atoms with Crippen LogP contribution in [0.4, 0.5) is 18.9 Å². The van der Waals surface area contributed by atoms with Gasteiger partial charge in [-0.3, -0.25) is 0 Å². The van der Waals surface area contributed by atoms with Gasteiger partial charge in [-0.25, -0.2) is 0 Å². The van der Waals surface area contributed by atoms with E-state index in [2.05, 4.69) is 21.2 Å². The number of nitrogens with two attached hydrogens (primary N) is 1. The molecular formula is C13H16BrF3N2.